The molecule has 394 valence electrons. The molecule has 6 fully saturated rings. The van der Waals surface area contributed by atoms with E-state index in [1.807, 2.05) is 24.3 Å². The smallest absolute Gasteiger partial charge is 0.240 e. The molecule has 18 atom stereocenters. The molecule has 0 unspecified atom stereocenters. The molecule has 13 bridgehead atoms. The van der Waals surface area contributed by atoms with Crippen LogP contribution in [0.15, 0.2) is 100 Å². The molecule has 2 aromatic rings. The van der Waals surface area contributed by atoms with Crippen molar-refractivity contribution in [1.29, 1.82) is 0 Å². The van der Waals surface area contributed by atoms with Gasteiger partial charge in [0, 0.05) is 59.6 Å². The summed E-state index contributed by atoms with van der Waals surface area (Å²) in [7, 11) is 2.98. The molecule has 9 aliphatic carbocycles. The number of carbonyl (C=O) groups excluding carboxylic acids is 3. The average molecular weight is 1060 g/mol. The first kappa shape index (κ1) is 47.9. The first-order chi connectivity index (χ1) is 36.3. The van der Waals surface area contributed by atoms with E-state index in [0.29, 0.717) is 43.4 Å². The predicted molar refractivity (Wildman–Crippen MR) is 276 cm³/mol. The van der Waals surface area contributed by atoms with Crippen LogP contribution in [0.2, 0.25) is 0 Å². The Balaban J connectivity index is 0.979. The standard InChI is InChI=1S/C59H64N2O12S2/c62-14-4-10-43-58-39(17-30(18-42(58)66)16-28-5-1-6-29(15-28)25-63)48(67)35-8-2-9-40(46(35)50(58)68)72-56-13-11-38-36-20-31-19-34-23-54(12-3-7-33(54)26-64)41-21-32-22-44(75-74-43)61-51-45(32)47(37(31)24-60-51)57(34,41)49(36)59(71,53(56)70)52(69)55(38,27-65)73-56/h1-2,5-6,8-9,15,17-18,21,26,31,33-34,36,38-39,41,43-44,49,52-53,60-63,65-66,69-71H,3-4,7,10-14,16,19-20,22-25,27H2/t31-,33+,34-,36+,38+,39-,41+,43+,44-,49-,52-,53+,54+,55+,56-,57+,58+,59+/m1/s1. The lowest BCUT2D eigenvalue weighted by Crippen LogP contribution is -2.88. The maximum absolute atomic E-state index is 16.4. The number of benzene rings is 2. The van der Waals surface area contributed by atoms with Crippen LogP contribution in [0.1, 0.15) is 102 Å². The second-order valence-electron chi connectivity index (χ2n) is 24.7. The number of dihydropyridines is 1. The van der Waals surface area contributed by atoms with Crippen molar-refractivity contribution in [3.8, 4) is 5.75 Å². The van der Waals surface area contributed by atoms with Crippen LogP contribution in [0, 0.1) is 63.6 Å². The number of carbonyl (C=O) groups is 3. The number of hydrogen-bond acceptors (Lipinski definition) is 16. The van der Waals surface area contributed by atoms with Crippen molar-refractivity contribution >= 4 is 39.4 Å². The highest BCUT2D eigenvalue weighted by Crippen LogP contribution is 2.83. The molecular weight excluding hydrogens is 993 g/mol. The molecule has 18 rings (SSSR count). The van der Waals surface area contributed by atoms with Crippen LogP contribution in [-0.4, -0.2) is 113 Å². The number of aliphatic hydroxyl groups excluding tert-OH is 6. The van der Waals surface area contributed by atoms with Crippen LogP contribution >= 0.6 is 21.6 Å². The molecular formula is C59H64N2O12S2. The van der Waals surface area contributed by atoms with E-state index in [4.69, 9.17) is 9.47 Å². The summed E-state index contributed by atoms with van der Waals surface area (Å²) in [4.78, 5) is 45.6. The lowest BCUT2D eigenvalue weighted by atomic mass is 9.39. The van der Waals surface area contributed by atoms with Gasteiger partial charge in [0.15, 0.2) is 17.7 Å². The van der Waals surface area contributed by atoms with Crippen molar-refractivity contribution in [3.05, 3.63) is 122 Å². The normalized spacial score (nSPS) is 45.8. The van der Waals surface area contributed by atoms with E-state index in [-0.39, 0.29) is 90.1 Å². The van der Waals surface area contributed by atoms with Gasteiger partial charge < -0.3 is 60.6 Å². The minimum atomic E-state index is -2.35. The molecule has 2 saturated heterocycles. The number of ether oxygens (including phenoxy) is 2. The lowest BCUT2D eigenvalue weighted by molar-refractivity contribution is -0.462. The Kier molecular flexibility index (Phi) is 10.3. The van der Waals surface area contributed by atoms with E-state index in [0.717, 1.165) is 54.6 Å². The molecule has 16 heteroatoms. The monoisotopic (exact) mass is 1060 g/mol. The summed E-state index contributed by atoms with van der Waals surface area (Å²) in [5.74, 6) is -5.78. The van der Waals surface area contributed by atoms with Crippen molar-refractivity contribution in [2.45, 2.75) is 123 Å². The molecule has 7 heterocycles. The zero-order valence-corrected chi connectivity index (χ0v) is 43.2. The third-order valence-electron chi connectivity index (χ3n) is 22.1. The number of aldehydes is 1. The van der Waals surface area contributed by atoms with Gasteiger partial charge in [0.1, 0.15) is 46.3 Å². The second-order valence-corrected chi connectivity index (χ2v) is 27.4. The Labute approximate surface area is 442 Å². The lowest BCUT2D eigenvalue weighted by Gasteiger charge is -2.73. The molecule has 0 radical (unpaired) electrons. The maximum atomic E-state index is 16.4. The Morgan fingerprint density at radius 2 is 1.80 bits per heavy atom. The molecule has 75 heavy (non-hydrogen) atoms. The molecule has 2 aromatic carbocycles. The van der Waals surface area contributed by atoms with Gasteiger partial charge in [0.2, 0.25) is 5.79 Å². The Morgan fingerprint density at radius 3 is 2.61 bits per heavy atom. The van der Waals surface area contributed by atoms with Crippen LogP contribution in [-0.2, 0) is 22.6 Å². The summed E-state index contributed by atoms with van der Waals surface area (Å²) in [5.41, 5.74) is -0.502. The Bertz CT molecular complexity index is 3080. The molecule has 16 aliphatic rings. The average Bonchev–Trinajstić information content (AvgIpc) is 3.94. The number of nitrogens with one attached hydrogen (secondary N) is 2. The van der Waals surface area contributed by atoms with Crippen LogP contribution in [0.4, 0.5) is 0 Å². The third kappa shape index (κ3) is 5.67. The van der Waals surface area contributed by atoms with Crippen molar-refractivity contribution in [3.63, 3.8) is 0 Å². The van der Waals surface area contributed by atoms with Gasteiger partial charge in [-0.2, -0.15) is 0 Å². The largest absolute Gasteiger partial charge is 0.511 e. The summed E-state index contributed by atoms with van der Waals surface area (Å²) >= 11 is 0. The summed E-state index contributed by atoms with van der Waals surface area (Å²) < 4.78 is 14.3. The topological polar surface area (TPSA) is 235 Å². The van der Waals surface area contributed by atoms with E-state index in [1.54, 1.807) is 41.1 Å². The van der Waals surface area contributed by atoms with Crippen LogP contribution in [0.25, 0.3) is 0 Å². The van der Waals surface area contributed by atoms with Gasteiger partial charge in [-0.1, -0.05) is 76.6 Å². The van der Waals surface area contributed by atoms with Crippen LogP contribution in [0.5, 0.6) is 5.75 Å². The summed E-state index contributed by atoms with van der Waals surface area (Å²) in [5, 5.41) is 93.4. The van der Waals surface area contributed by atoms with Gasteiger partial charge in [-0.15, -0.1) is 0 Å². The maximum Gasteiger partial charge on any atom is 0.240 e. The molecule has 4 spiro atoms. The van der Waals surface area contributed by atoms with Crippen molar-refractivity contribution in [2.24, 2.45) is 63.6 Å². The second kappa shape index (κ2) is 16.2. The van der Waals surface area contributed by atoms with Gasteiger partial charge >= 0.3 is 0 Å². The third-order valence-corrected chi connectivity index (χ3v) is 25.3. The van der Waals surface area contributed by atoms with E-state index in [9.17, 15) is 40.5 Å². The number of rotatable bonds is 8. The summed E-state index contributed by atoms with van der Waals surface area (Å²) in [6.45, 7) is -0.497. The molecule has 0 amide bonds. The highest BCUT2D eigenvalue weighted by atomic mass is 33.1. The zero-order chi connectivity index (χ0) is 51.3. The van der Waals surface area contributed by atoms with E-state index < -0.39 is 86.6 Å². The molecule has 4 saturated carbocycles. The van der Waals surface area contributed by atoms with Gasteiger partial charge in [0.05, 0.1) is 30.1 Å². The number of aliphatic hydroxyl groups is 7. The zero-order valence-electron chi connectivity index (χ0n) is 41.6. The van der Waals surface area contributed by atoms with Crippen LogP contribution in [0.3, 0.4) is 0 Å². The summed E-state index contributed by atoms with van der Waals surface area (Å²) in [6, 6.07) is 12.2. The Hall–Kier alpha value is -4.23. The van der Waals surface area contributed by atoms with Gasteiger partial charge in [-0.25, -0.2) is 0 Å². The number of ketones is 2. The van der Waals surface area contributed by atoms with Gasteiger partial charge in [-0.05, 0) is 138 Å². The quantitative estimate of drug-likeness (QED) is 0.115. The number of Topliss-reactive ketones (excluding diaryl/α,β-unsaturated/α-hetero) is 2. The van der Waals surface area contributed by atoms with Crippen molar-refractivity contribution in [2.75, 3.05) is 19.8 Å². The highest BCUT2D eigenvalue weighted by Gasteiger charge is 2.86. The number of allylic oxidation sites excluding steroid dienone is 7. The van der Waals surface area contributed by atoms with E-state index >= 15 is 9.59 Å². The minimum Gasteiger partial charge on any atom is -0.511 e. The minimum absolute atomic E-state index is 0.000632. The number of hydrogen-bond donors (Lipinski definition) is 9. The Morgan fingerprint density at radius 1 is 0.960 bits per heavy atom. The van der Waals surface area contributed by atoms with Gasteiger partial charge in [0.25, 0.3) is 0 Å². The summed E-state index contributed by atoms with van der Waals surface area (Å²) in [6.07, 6.45) is 9.82. The van der Waals surface area contributed by atoms with Crippen molar-refractivity contribution < 1.29 is 59.6 Å². The first-order valence-corrected chi connectivity index (χ1v) is 29.8. The fourth-order valence-corrected chi connectivity index (χ4v) is 23.0. The van der Waals surface area contributed by atoms with E-state index in [1.165, 1.54) is 28.2 Å². The van der Waals surface area contributed by atoms with E-state index in [2.05, 4.69) is 16.7 Å². The first-order valence-electron chi connectivity index (χ1n) is 27.5. The molecule has 9 N–H and O–H groups in total. The fraction of sp³-hybridized carbons (Fsp3) is 0.576. The predicted octanol–water partition coefficient (Wildman–Crippen LogP) is 5.67. The van der Waals surface area contributed by atoms with Crippen molar-refractivity contribution in [1.82, 2.24) is 10.6 Å². The van der Waals surface area contributed by atoms with Gasteiger partial charge in [-0.3, -0.25) is 9.59 Å². The molecule has 14 nitrogen and oxygen atoms in total. The fourth-order valence-electron chi connectivity index (χ4n) is 19.7. The molecule has 0 aromatic heterocycles. The molecule has 7 aliphatic heterocycles. The SMILES string of the molecule is O=C[C@@H]1CCC[C@]12C[C@H]1C[C@@H]3C[C@H]4[C@@H]5CC[C@@]67Oc8cccc9c8C(=O)[C@@]8(C(O)=CC(Cc%10cccc(CO)c%10)=C[C@@H]8C9=O)[C@H](CCCO)SS[C@@H]8CC9=C[C@@H]2[C@@]1(C1=C3CNC(=C91)N8)[C@@H]4[C@](O)([C@H](O)[C@@]5(CO)O6)[C@H]7O. The highest BCUT2D eigenvalue weighted by molar-refractivity contribution is 8.77. The van der Waals surface area contributed by atoms with Crippen LogP contribution < -0.4 is 15.4 Å².